The molecule has 2 rings (SSSR count). The van der Waals surface area contributed by atoms with Crippen LogP contribution in [-0.4, -0.2) is 29.8 Å². The van der Waals surface area contributed by atoms with Crippen LogP contribution in [0, 0.1) is 6.92 Å². The summed E-state index contributed by atoms with van der Waals surface area (Å²) in [6.07, 6.45) is 0. The SMILES string of the molecule is COC(=O)C(CNCc1nc(C)no1)c1ccccc1. The van der Waals surface area contributed by atoms with Crippen LogP contribution in [0.15, 0.2) is 34.9 Å². The highest BCUT2D eigenvalue weighted by molar-refractivity contribution is 5.78. The largest absolute Gasteiger partial charge is 0.469 e. The summed E-state index contributed by atoms with van der Waals surface area (Å²) in [6, 6.07) is 9.51. The van der Waals surface area contributed by atoms with Crippen LogP contribution < -0.4 is 5.32 Å². The molecule has 0 saturated heterocycles. The Morgan fingerprint density at radius 1 is 1.40 bits per heavy atom. The molecule has 1 heterocycles. The highest BCUT2D eigenvalue weighted by atomic mass is 16.5. The molecule has 1 N–H and O–H groups in total. The van der Waals surface area contributed by atoms with E-state index in [1.807, 2.05) is 30.3 Å². The van der Waals surface area contributed by atoms with Crippen LogP contribution >= 0.6 is 0 Å². The molecule has 106 valence electrons. The van der Waals surface area contributed by atoms with Gasteiger partial charge in [0.1, 0.15) is 0 Å². The molecule has 6 heteroatoms. The Hall–Kier alpha value is -2.21. The maximum absolute atomic E-state index is 11.8. The van der Waals surface area contributed by atoms with Gasteiger partial charge in [0.15, 0.2) is 5.82 Å². The van der Waals surface area contributed by atoms with Gasteiger partial charge in [0.05, 0.1) is 19.6 Å². The van der Waals surface area contributed by atoms with E-state index in [0.717, 1.165) is 5.56 Å². The van der Waals surface area contributed by atoms with Gasteiger partial charge in [-0.15, -0.1) is 0 Å². The summed E-state index contributed by atoms with van der Waals surface area (Å²) in [4.78, 5) is 15.9. The summed E-state index contributed by atoms with van der Waals surface area (Å²) in [5.74, 6) is 0.462. The molecule has 0 aliphatic rings. The normalized spacial score (nSPS) is 12.1. The number of aromatic nitrogens is 2. The lowest BCUT2D eigenvalue weighted by Gasteiger charge is -2.15. The Kier molecular flexibility index (Phi) is 4.84. The molecule has 0 bridgehead atoms. The van der Waals surface area contributed by atoms with E-state index in [9.17, 15) is 4.79 Å². The predicted molar refractivity (Wildman–Crippen MR) is 71.9 cm³/mol. The minimum absolute atomic E-state index is 0.273. The lowest BCUT2D eigenvalue weighted by atomic mass is 9.99. The molecule has 0 aliphatic carbocycles. The van der Waals surface area contributed by atoms with Gasteiger partial charge in [0, 0.05) is 6.54 Å². The van der Waals surface area contributed by atoms with Crippen molar-refractivity contribution in [2.75, 3.05) is 13.7 Å². The average molecular weight is 275 g/mol. The van der Waals surface area contributed by atoms with E-state index in [2.05, 4.69) is 15.5 Å². The van der Waals surface area contributed by atoms with E-state index in [-0.39, 0.29) is 11.9 Å². The van der Waals surface area contributed by atoms with Crippen LogP contribution in [0.3, 0.4) is 0 Å². The molecule has 2 aromatic rings. The van der Waals surface area contributed by atoms with Crippen molar-refractivity contribution < 1.29 is 14.1 Å². The second kappa shape index (κ2) is 6.81. The fourth-order valence-corrected chi connectivity index (χ4v) is 1.90. The van der Waals surface area contributed by atoms with Crippen molar-refractivity contribution in [3.05, 3.63) is 47.6 Å². The van der Waals surface area contributed by atoms with Gasteiger partial charge in [0.2, 0.25) is 5.89 Å². The zero-order valence-electron chi connectivity index (χ0n) is 11.5. The van der Waals surface area contributed by atoms with Gasteiger partial charge in [-0.05, 0) is 12.5 Å². The Morgan fingerprint density at radius 3 is 2.75 bits per heavy atom. The minimum atomic E-state index is -0.356. The summed E-state index contributed by atoms with van der Waals surface area (Å²) < 4.78 is 9.84. The fraction of sp³-hybridized carbons (Fsp3) is 0.357. The van der Waals surface area contributed by atoms with Crippen LogP contribution in [0.1, 0.15) is 23.2 Å². The molecule has 0 spiro atoms. The number of hydrogen-bond donors (Lipinski definition) is 1. The first kappa shape index (κ1) is 14.2. The summed E-state index contributed by atoms with van der Waals surface area (Å²) in [5, 5.41) is 6.84. The Morgan fingerprint density at radius 2 is 2.15 bits per heavy atom. The number of hydrogen-bond acceptors (Lipinski definition) is 6. The highest BCUT2D eigenvalue weighted by Crippen LogP contribution is 2.16. The number of aryl methyl sites for hydroxylation is 1. The van der Waals surface area contributed by atoms with Gasteiger partial charge in [0.25, 0.3) is 0 Å². The monoisotopic (exact) mass is 275 g/mol. The lowest BCUT2D eigenvalue weighted by Crippen LogP contribution is -2.27. The standard InChI is InChI=1S/C14H17N3O3/c1-10-16-13(20-17-10)9-15-8-12(14(18)19-2)11-6-4-3-5-7-11/h3-7,12,15H,8-9H2,1-2H3. The Bertz CT molecular complexity index is 554. The van der Waals surface area contributed by atoms with Gasteiger partial charge in [-0.25, -0.2) is 0 Å². The number of carbonyl (C=O) groups excluding carboxylic acids is 1. The maximum Gasteiger partial charge on any atom is 0.314 e. The molecule has 0 radical (unpaired) electrons. The first-order chi connectivity index (χ1) is 9.70. The van der Waals surface area contributed by atoms with Crippen LogP contribution in [0.4, 0.5) is 0 Å². The topological polar surface area (TPSA) is 77.2 Å². The van der Waals surface area contributed by atoms with E-state index in [4.69, 9.17) is 9.26 Å². The van der Waals surface area contributed by atoms with Gasteiger partial charge < -0.3 is 14.6 Å². The van der Waals surface area contributed by atoms with Crippen LogP contribution in [0.5, 0.6) is 0 Å². The Labute approximate surface area is 117 Å². The molecular formula is C14H17N3O3. The smallest absolute Gasteiger partial charge is 0.314 e. The average Bonchev–Trinajstić information content (AvgIpc) is 2.89. The van der Waals surface area contributed by atoms with E-state index in [0.29, 0.717) is 24.8 Å². The highest BCUT2D eigenvalue weighted by Gasteiger charge is 2.21. The van der Waals surface area contributed by atoms with Crippen molar-refractivity contribution >= 4 is 5.97 Å². The molecule has 0 fully saturated rings. The Balaban J connectivity index is 1.96. The second-order valence-electron chi connectivity index (χ2n) is 4.35. The van der Waals surface area contributed by atoms with E-state index >= 15 is 0 Å². The van der Waals surface area contributed by atoms with Crippen molar-refractivity contribution in [3.8, 4) is 0 Å². The van der Waals surface area contributed by atoms with Gasteiger partial charge in [-0.1, -0.05) is 35.5 Å². The number of nitrogens with one attached hydrogen (secondary N) is 1. The quantitative estimate of drug-likeness (QED) is 0.803. The van der Waals surface area contributed by atoms with Crippen molar-refractivity contribution in [1.29, 1.82) is 0 Å². The first-order valence-electron chi connectivity index (χ1n) is 6.33. The van der Waals surface area contributed by atoms with Crippen LogP contribution in [0.25, 0.3) is 0 Å². The lowest BCUT2D eigenvalue weighted by molar-refractivity contribution is -0.142. The van der Waals surface area contributed by atoms with E-state index in [1.165, 1.54) is 7.11 Å². The van der Waals surface area contributed by atoms with E-state index < -0.39 is 0 Å². The van der Waals surface area contributed by atoms with Gasteiger partial charge >= 0.3 is 5.97 Å². The van der Waals surface area contributed by atoms with Gasteiger partial charge in [-0.2, -0.15) is 4.98 Å². The number of benzene rings is 1. The second-order valence-corrected chi connectivity index (χ2v) is 4.35. The van der Waals surface area contributed by atoms with Crippen molar-refractivity contribution in [2.24, 2.45) is 0 Å². The number of carbonyl (C=O) groups is 1. The molecule has 0 saturated carbocycles. The summed E-state index contributed by atoms with van der Waals surface area (Å²) >= 11 is 0. The van der Waals surface area contributed by atoms with Gasteiger partial charge in [-0.3, -0.25) is 4.79 Å². The summed E-state index contributed by atoms with van der Waals surface area (Å²) in [5.41, 5.74) is 0.911. The molecule has 0 aliphatic heterocycles. The van der Waals surface area contributed by atoms with Crippen molar-refractivity contribution in [3.63, 3.8) is 0 Å². The summed E-state index contributed by atoms with van der Waals surface area (Å²) in [7, 11) is 1.39. The number of nitrogens with zero attached hydrogens (tertiary/aromatic N) is 2. The van der Waals surface area contributed by atoms with Crippen molar-refractivity contribution in [2.45, 2.75) is 19.4 Å². The number of rotatable bonds is 6. The zero-order valence-corrected chi connectivity index (χ0v) is 11.5. The zero-order chi connectivity index (χ0) is 14.4. The number of ether oxygens (including phenoxy) is 1. The maximum atomic E-state index is 11.8. The third-order valence-electron chi connectivity index (χ3n) is 2.88. The molecule has 20 heavy (non-hydrogen) atoms. The third kappa shape index (κ3) is 3.64. The van der Waals surface area contributed by atoms with Crippen LogP contribution in [-0.2, 0) is 16.1 Å². The fourth-order valence-electron chi connectivity index (χ4n) is 1.90. The van der Waals surface area contributed by atoms with Crippen molar-refractivity contribution in [1.82, 2.24) is 15.5 Å². The number of methoxy groups -OCH3 is 1. The molecule has 1 atom stereocenters. The number of esters is 1. The minimum Gasteiger partial charge on any atom is -0.469 e. The third-order valence-corrected chi connectivity index (χ3v) is 2.88. The molecular weight excluding hydrogens is 258 g/mol. The first-order valence-corrected chi connectivity index (χ1v) is 6.33. The molecule has 6 nitrogen and oxygen atoms in total. The van der Waals surface area contributed by atoms with E-state index in [1.54, 1.807) is 6.92 Å². The molecule has 0 amide bonds. The van der Waals surface area contributed by atoms with Crippen LogP contribution in [0.2, 0.25) is 0 Å². The molecule has 1 aromatic carbocycles. The predicted octanol–water partition coefficient (Wildman–Crippen LogP) is 1.42. The molecule has 1 aromatic heterocycles. The summed E-state index contributed by atoms with van der Waals surface area (Å²) in [6.45, 7) is 2.62. The molecule has 1 unspecified atom stereocenters.